The predicted molar refractivity (Wildman–Crippen MR) is 69.3 cm³/mol. The van der Waals surface area contributed by atoms with E-state index in [0.29, 0.717) is 22.5 Å². The molecule has 0 aromatic carbocycles. The number of ketones is 1. The number of carbonyl (C=O) groups is 2. The Kier molecular flexibility index (Phi) is 3.46. The molecule has 5 heteroatoms. The molecule has 0 saturated carbocycles. The Bertz CT molecular complexity index is 630. The SMILES string of the molecule is COC(=O)c1c(C)[nH]c(C)c1C(=O)c1cccnc1. The van der Waals surface area contributed by atoms with E-state index in [2.05, 4.69) is 9.97 Å². The third-order valence-electron chi connectivity index (χ3n) is 2.92. The first-order chi connectivity index (χ1) is 9.06. The van der Waals surface area contributed by atoms with Gasteiger partial charge in [0.05, 0.1) is 18.2 Å². The summed E-state index contributed by atoms with van der Waals surface area (Å²) in [6, 6.07) is 3.35. The molecule has 0 amide bonds. The summed E-state index contributed by atoms with van der Waals surface area (Å²) in [6.07, 6.45) is 3.07. The molecule has 0 unspecified atom stereocenters. The number of aromatic amines is 1. The van der Waals surface area contributed by atoms with Gasteiger partial charge in [0, 0.05) is 29.3 Å². The van der Waals surface area contributed by atoms with E-state index >= 15 is 0 Å². The highest BCUT2D eigenvalue weighted by Crippen LogP contribution is 2.22. The summed E-state index contributed by atoms with van der Waals surface area (Å²) >= 11 is 0. The predicted octanol–water partition coefficient (Wildman–Crippen LogP) is 2.04. The van der Waals surface area contributed by atoms with Gasteiger partial charge in [0.1, 0.15) is 0 Å². The largest absolute Gasteiger partial charge is 0.465 e. The minimum absolute atomic E-state index is 0.240. The van der Waals surface area contributed by atoms with Crippen LogP contribution in [0.25, 0.3) is 0 Å². The smallest absolute Gasteiger partial charge is 0.340 e. The van der Waals surface area contributed by atoms with Crippen molar-refractivity contribution in [1.29, 1.82) is 0 Å². The number of nitrogens with one attached hydrogen (secondary N) is 1. The molecule has 0 aliphatic carbocycles. The van der Waals surface area contributed by atoms with Crippen LogP contribution in [0.2, 0.25) is 0 Å². The number of rotatable bonds is 3. The number of hydrogen-bond donors (Lipinski definition) is 1. The second-order valence-corrected chi connectivity index (χ2v) is 4.19. The van der Waals surface area contributed by atoms with Crippen LogP contribution in [0.3, 0.4) is 0 Å². The van der Waals surface area contributed by atoms with Crippen LogP contribution in [0.5, 0.6) is 0 Å². The van der Waals surface area contributed by atoms with Crippen LogP contribution in [0, 0.1) is 13.8 Å². The first-order valence-corrected chi connectivity index (χ1v) is 5.78. The van der Waals surface area contributed by atoms with E-state index in [1.54, 1.807) is 32.2 Å². The fraction of sp³-hybridized carbons (Fsp3) is 0.214. The van der Waals surface area contributed by atoms with Gasteiger partial charge in [-0.15, -0.1) is 0 Å². The van der Waals surface area contributed by atoms with E-state index in [1.807, 2.05) is 0 Å². The van der Waals surface area contributed by atoms with Crippen molar-refractivity contribution in [2.45, 2.75) is 13.8 Å². The quantitative estimate of drug-likeness (QED) is 0.675. The normalized spacial score (nSPS) is 10.3. The van der Waals surface area contributed by atoms with E-state index in [4.69, 9.17) is 4.74 Å². The van der Waals surface area contributed by atoms with Crippen molar-refractivity contribution in [3.05, 3.63) is 52.6 Å². The lowest BCUT2D eigenvalue weighted by atomic mass is 10.00. The van der Waals surface area contributed by atoms with Crippen molar-refractivity contribution < 1.29 is 14.3 Å². The molecule has 5 nitrogen and oxygen atoms in total. The van der Waals surface area contributed by atoms with Crippen molar-refractivity contribution in [3.8, 4) is 0 Å². The molecule has 2 aromatic rings. The first-order valence-electron chi connectivity index (χ1n) is 5.78. The zero-order valence-corrected chi connectivity index (χ0v) is 11.0. The van der Waals surface area contributed by atoms with Crippen LogP contribution in [0.1, 0.15) is 37.7 Å². The summed E-state index contributed by atoms with van der Waals surface area (Å²) < 4.78 is 4.73. The van der Waals surface area contributed by atoms with Gasteiger partial charge in [0.25, 0.3) is 0 Å². The lowest BCUT2D eigenvalue weighted by Crippen LogP contribution is -2.11. The molecule has 0 spiro atoms. The molecule has 2 rings (SSSR count). The lowest BCUT2D eigenvalue weighted by Gasteiger charge is -2.04. The summed E-state index contributed by atoms with van der Waals surface area (Å²) in [4.78, 5) is 31.2. The fourth-order valence-electron chi connectivity index (χ4n) is 2.06. The maximum absolute atomic E-state index is 12.5. The third kappa shape index (κ3) is 2.27. The van der Waals surface area contributed by atoms with Crippen molar-refractivity contribution in [3.63, 3.8) is 0 Å². The lowest BCUT2D eigenvalue weighted by molar-refractivity contribution is 0.0597. The van der Waals surface area contributed by atoms with Crippen LogP contribution in [-0.2, 0) is 4.74 Å². The van der Waals surface area contributed by atoms with Crippen LogP contribution in [0.4, 0.5) is 0 Å². The number of carbonyl (C=O) groups excluding carboxylic acids is 2. The van der Waals surface area contributed by atoms with Crippen molar-refractivity contribution in [2.24, 2.45) is 0 Å². The monoisotopic (exact) mass is 258 g/mol. The summed E-state index contributed by atoms with van der Waals surface area (Å²) in [5.74, 6) is -0.760. The van der Waals surface area contributed by atoms with Gasteiger partial charge in [-0.25, -0.2) is 4.79 Å². The van der Waals surface area contributed by atoms with Crippen LogP contribution in [0.15, 0.2) is 24.5 Å². The molecular formula is C14H14N2O3. The fourth-order valence-corrected chi connectivity index (χ4v) is 2.06. The Balaban J connectivity index is 2.57. The molecule has 2 heterocycles. The van der Waals surface area contributed by atoms with Gasteiger partial charge in [-0.05, 0) is 26.0 Å². The maximum Gasteiger partial charge on any atom is 0.340 e. The molecule has 2 aromatic heterocycles. The summed E-state index contributed by atoms with van der Waals surface area (Å²) in [7, 11) is 1.29. The molecule has 0 fully saturated rings. The maximum atomic E-state index is 12.5. The Morgan fingerprint density at radius 1 is 1.21 bits per heavy atom. The van der Waals surface area contributed by atoms with Gasteiger partial charge >= 0.3 is 5.97 Å². The average molecular weight is 258 g/mol. The average Bonchev–Trinajstić information content (AvgIpc) is 2.72. The molecule has 0 saturated heterocycles. The standard InChI is InChI=1S/C14H14N2O3/c1-8-11(12(9(2)16-8)14(18)19-3)13(17)10-5-4-6-15-7-10/h4-7,16H,1-3H3. The van der Waals surface area contributed by atoms with Crippen LogP contribution in [-0.4, -0.2) is 28.8 Å². The van der Waals surface area contributed by atoms with Gasteiger partial charge in [-0.3, -0.25) is 9.78 Å². The number of aryl methyl sites for hydroxylation is 2. The topological polar surface area (TPSA) is 72.1 Å². The third-order valence-corrected chi connectivity index (χ3v) is 2.92. The zero-order chi connectivity index (χ0) is 14.0. The summed E-state index contributed by atoms with van der Waals surface area (Å²) in [6.45, 7) is 3.49. The number of esters is 1. The highest BCUT2D eigenvalue weighted by Gasteiger charge is 2.25. The molecule has 1 N–H and O–H groups in total. The molecule has 0 bridgehead atoms. The van der Waals surface area contributed by atoms with Gasteiger partial charge in [-0.1, -0.05) is 0 Å². The van der Waals surface area contributed by atoms with Gasteiger partial charge < -0.3 is 9.72 Å². The molecule has 0 atom stereocenters. The second-order valence-electron chi connectivity index (χ2n) is 4.19. The Labute approximate surface area is 110 Å². The molecule has 0 aliphatic rings. The Morgan fingerprint density at radius 2 is 1.89 bits per heavy atom. The Morgan fingerprint density at radius 3 is 2.47 bits per heavy atom. The molecule has 19 heavy (non-hydrogen) atoms. The van der Waals surface area contributed by atoms with E-state index in [1.165, 1.54) is 13.3 Å². The number of H-pyrrole nitrogens is 1. The minimum Gasteiger partial charge on any atom is -0.465 e. The molecular weight excluding hydrogens is 244 g/mol. The second kappa shape index (κ2) is 5.06. The van der Waals surface area contributed by atoms with Crippen molar-refractivity contribution in [2.75, 3.05) is 7.11 Å². The summed E-state index contributed by atoms with van der Waals surface area (Å²) in [5, 5.41) is 0. The number of hydrogen-bond acceptors (Lipinski definition) is 4. The van der Waals surface area contributed by atoms with Crippen LogP contribution < -0.4 is 0 Å². The Hall–Kier alpha value is -2.43. The van der Waals surface area contributed by atoms with Crippen molar-refractivity contribution >= 4 is 11.8 Å². The van der Waals surface area contributed by atoms with E-state index in [0.717, 1.165) is 0 Å². The van der Waals surface area contributed by atoms with Gasteiger partial charge in [-0.2, -0.15) is 0 Å². The number of nitrogens with zero attached hydrogens (tertiary/aromatic N) is 1. The van der Waals surface area contributed by atoms with E-state index < -0.39 is 5.97 Å². The minimum atomic E-state index is -0.519. The molecule has 0 aliphatic heterocycles. The first kappa shape index (κ1) is 13.0. The number of aromatic nitrogens is 2. The van der Waals surface area contributed by atoms with E-state index in [-0.39, 0.29) is 11.3 Å². The van der Waals surface area contributed by atoms with E-state index in [9.17, 15) is 9.59 Å². The van der Waals surface area contributed by atoms with Crippen molar-refractivity contribution in [1.82, 2.24) is 9.97 Å². The summed E-state index contributed by atoms with van der Waals surface area (Å²) in [5.41, 5.74) is 2.34. The highest BCUT2D eigenvalue weighted by molar-refractivity contribution is 6.15. The zero-order valence-electron chi connectivity index (χ0n) is 11.0. The molecule has 98 valence electrons. The van der Waals surface area contributed by atoms with Gasteiger partial charge in [0.2, 0.25) is 0 Å². The number of pyridine rings is 1. The van der Waals surface area contributed by atoms with Crippen LogP contribution >= 0.6 is 0 Å². The highest BCUT2D eigenvalue weighted by atomic mass is 16.5. The van der Waals surface area contributed by atoms with Gasteiger partial charge in [0.15, 0.2) is 5.78 Å². The number of ether oxygens (including phenoxy) is 1. The number of methoxy groups -OCH3 is 1. The molecule has 0 radical (unpaired) electrons.